The number of aromatic nitrogens is 2. The second-order valence-corrected chi connectivity index (χ2v) is 6.34. The zero-order valence-corrected chi connectivity index (χ0v) is 13.1. The normalized spacial score (nSPS) is 23.0. The Morgan fingerprint density at radius 3 is 2.86 bits per heavy atom. The summed E-state index contributed by atoms with van der Waals surface area (Å²) in [6.07, 6.45) is 5.46. The van der Waals surface area contributed by atoms with Crippen molar-refractivity contribution in [3.8, 4) is 11.4 Å². The largest absolute Gasteiger partial charge is 0.339 e. The lowest BCUT2D eigenvalue weighted by Gasteiger charge is -2.16. The van der Waals surface area contributed by atoms with Gasteiger partial charge in [0.2, 0.25) is 11.7 Å². The molecule has 2 unspecified atom stereocenters. The number of nitrogens with zero attached hydrogens (tertiary/aromatic N) is 2. The van der Waals surface area contributed by atoms with Gasteiger partial charge in [0.15, 0.2) is 0 Å². The van der Waals surface area contributed by atoms with Crippen LogP contribution in [0.2, 0.25) is 0 Å². The molecule has 1 fully saturated rings. The van der Waals surface area contributed by atoms with Gasteiger partial charge in [-0.3, -0.25) is 0 Å². The van der Waals surface area contributed by atoms with Gasteiger partial charge in [0.25, 0.3) is 0 Å². The predicted molar refractivity (Wildman–Crippen MR) is 81.2 cm³/mol. The zero-order valence-electron chi connectivity index (χ0n) is 11.6. The van der Waals surface area contributed by atoms with E-state index in [-0.39, 0.29) is 17.8 Å². The van der Waals surface area contributed by atoms with E-state index < -0.39 is 0 Å². The van der Waals surface area contributed by atoms with Crippen LogP contribution in [0.3, 0.4) is 0 Å². The van der Waals surface area contributed by atoms with Crippen molar-refractivity contribution in [2.45, 2.75) is 44.1 Å². The molecule has 2 N–H and O–H groups in total. The molecular formula is C15H17BrFN3O. The van der Waals surface area contributed by atoms with Crippen LogP contribution in [-0.4, -0.2) is 16.2 Å². The molecule has 0 bridgehead atoms. The maximum atomic E-state index is 13.1. The molecular weight excluding hydrogens is 337 g/mol. The molecule has 1 aromatic carbocycles. The van der Waals surface area contributed by atoms with Gasteiger partial charge in [0.1, 0.15) is 5.82 Å². The van der Waals surface area contributed by atoms with Crippen LogP contribution in [0.1, 0.15) is 43.9 Å². The summed E-state index contributed by atoms with van der Waals surface area (Å²) in [5, 5.41) is 4.02. The summed E-state index contributed by atoms with van der Waals surface area (Å²) in [4.78, 5) is 4.48. The van der Waals surface area contributed by atoms with Crippen LogP contribution in [0.4, 0.5) is 4.39 Å². The third-order valence-corrected chi connectivity index (χ3v) is 4.66. The molecule has 1 saturated carbocycles. The van der Waals surface area contributed by atoms with Crippen LogP contribution >= 0.6 is 15.9 Å². The lowest BCUT2D eigenvalue weighted by molar-refractivity contribution is 0.326. The van der Waals surface area contributed by atoms with Crippen LogP contribution < -0.4 is 5.73 Å². The molecule has 0 radical (unpaired) electrons. The molecule has 1 aliphatic rings. The standard InChI is InChI=1S/C15H17BrFN3O/c16-12-8-9(17)6-7-10(12)14-19-15(21-20-14)11-4-2-1-3-5-13(11)18/h6-8,11,13H,1-5,18H2. The van der Waals surface area contributed by atoms with Crippen molar-refractivity contribution in [1.82, 2.24) is 10.1 Å². The quantitative estimate of drug-likeness (QED) is 0.828. The molecule has 1 aromatic heterocycles. The maximum Gasteiger partial charge on any atom is 0.231 e. The van der Waals surface area contributed by atoms with E-state index in [2.05, 4.69) is 26.1 Å². The Kier molecular flexibility index (Phi) is 4.35. The first kappa shape index (κ1) is 14.7. The number of halogens is 2. The van der Waals surface area contributed by atoms with Crippen LogP contribution in [0, 0.1) is 5.82 Å². The first-order valence-electron chi connectivity index (χ1n) is 7.20. The topological polar surface area (TPSA) is 64.9 Å². The maximum absolute atomic E-state index is 13.1. The van der Waals surface area contributed by atoms with Crippen LogP contribution in [0.5, 0.6) is 0 Å². The molecule has 1 aliphatic carbocycles. The molecule has 4 nitrogen and oxygen atoms in total. The fourth-order valence-corrected chi connectivity index (χ4v) is 3.34. The Morgan fingerprint density at radius 2 is 2.05 bits per heavy atom. The van der Waals surface area contributed by atoms with Gasteiger partial charge in [-0.15, -0.1) is 0 Å². The van der Waals surface area contributed by atoms with E-state index in [4.69, 9.17) is 10.3 Å². The van der Waals surface area contributed by atoms with Gasteiger partial charge >= 0.3 is 0 Å². The monoisotopic (exact) mass is 353 g/mol. The predicted octanol–water partition coefficient (Wildman–Crippen LogP) is 4.01. The summed E-state index contributed by atoms with van der Waals surface area (Å²) < 4.78 is 19.2. The van der Waals surface area contributed by atoms with E-state index in [1.165, 1.54) is 18.6 Å². The second kappa shape index (κ2) is 6.23. The second-order valence-electron chi connectivity index (χ2n) is 5.49. The third-order valence-electron chi connectivity index (χ3n) is 4.00. The van der Waals surface area contributed by atoms with Crippen LogP contribution in [0.25, 0.3) is 11.4 Å². The van der Waals surface area contributed by atoms with E-state index in [1.807, 2.05) is 0 Å². The fraction of sp³-hybridized carbons (Fsp3) is 0.467. The Morgan fingerprint density at radius 1 is 1.24 bits per heavy atom. The molecule has 2 atom stereocenters. The summed E-state index contributed by atoms with van der Waals surface area (Å²) in [6, 6.07) is 4.48. The number of rotatable bonds is 2. The van der Waals surface area contributed by atoms with E-state index >= 15 is 0 Å². The Hall–Kier alpha value is -1.27. The van der Waals surface area contributed by atoms with Crippen LogP contribution in [0.15, 0.2) is 27.2 Å². The summed E-state index contributed by atoms with van der Waals surface area (Å²) in [6.45, 7) is 0. The fourth-order valence-electron chi connectivity index (χ4n) is 2.81. The van der Waals surface area contributed by atoms with E-state index in [1.54, 1.807) is 6.07 Å². The van der Waals surface area contributed by atoms with Crippen molar-refractivity contribution in [1.29, 1.82) is 0 Å². The van der Waals surface area contributed by atoms with Gasteiger partial charge in [-0.2, -0.15) is 4.98 Å². The summed E-state index contributed by atoms with van der Waals surface area (Å²) in [5.41, 5.74) is 6.94. The van der Waals surface area contributed by atoms with Crippen molar-refractivity contribution in [3.63, 3.8) is 0 Å². The number of hydrogen-bond donors (Lipinski definition) is 1. The van der Waals surface area contributed by atoms with Crippen molar-refractivity contribution in [2.24, 2.45) is 5.73 Å². The van der Waals surface area contributed by atoms with Gasteiger partial charge in [-0.25, -0.2) is 4.39 Å². The molecule has 21 heavy (non-hydrogen) atoms. The molecule has 112 valence electrons. The Balaban J connectivity index is 1.88. The molecule has 0 amide bonds. The van der Waals surface area contributed by atoms with Gasteiger partial charge in [-0.05, 0) is 47.0 Å². The van der Waals surface area contributed by atoms with E-state index in [9.17, 15) is 4.39 Å². The van der Waals surface area contributed by atoms with Gasteiger partial charge in [0, 0.05) is 16.1 Å². The van der Waals surface area contributed by atoms with Crippen LogP contribution in [-0.2, 0) is 0 Å². The minimum absolute atomic E-state index is 0.0671. The molecule has 1 heterocycles. The number of nitrogens with two attached hydrogens (primary N) is 1. The van der Waals surface area contributed by atoms with Gasteiger partial charge < -0.3 is 10.3 Å². The number of hydrogen-bond acceptors (Lipinski definition) is 4. The van der Waals surface area contributed by atoms with Crippen molar-refractivity contribution < 1.29 is 8.91 Å². The Bertz CT molecular complexity index is 631. The third kappa shape index (κ3) is 3.16. The van der Waals surface area contributed by atoms with Crippen molar-refractivity contribution >= 4 is 15.9 Å². The van der Waals surface area contributed by atoms with E-state index in [0.717, 1.165) is 25.7 Å². The SMILES string of the molecule is NC1CCCCCC1c1nc(-c2ccc(F)cc2Br)no1. The molecule has 0 aliphatic heterocycles. The zero-order chi connectivity index (χ0) is 14.8. The average Bonchev–Trinajstić information content (AvgIpc) is 2.82. The molecule has 6 heteroatoms. The highest BCUT2D eigenvalue weighted by Crippen LogP contribution is 2.32. The first-order valence-corrected chi connectivity index (χ1v) is 7.99. The summed E-state index contributed by atoms with van der Waals surface area (Å²) in [7, 11) is 0. The lowest BCUT2D eigenvalue weighted by atomic mass is 9.95. The van der Waals surface area contributed by atoms with E-state index in [0.29, 0.717) is 21.8 Å². The minimum atomic E-state index is -0.305. The molecule has 2 aromatic rings. The average molecular weight is 354 g/mol. The Labute approximate surface area is 131 Å². The van der Waals surface area contributed by atoms with Crippen molar-refractivity contribution in [2.75, 3.05) is 0 Å². The lowest BCUT2D eigenvalue weighted by Crippen LogP contribution is -2.27. The molecule has 3 rings (SSSR count). The highest BCUT2D eigenvalue weighted by molar-refractivity contribution is 9.10. The summed E-state index contributed by atoms with van der Waals surface area (Å²) >= 11 is 3.33. The highest BCUT2D eigenvalue weighted by Gasteiger charge is 2.27. The molecule has 0 saturated heterocycles. The first-order chi connectivity index (χ1) is 10.1. The van der Waals surface area contributed by atoms with Gasteiger partial charge in [-0.1, -0.05) is 24.4 Å². The van der Waals surface area contributed by atoms with Gasteiger partial charge in [0.05, 0.1) is 5.92 Å². The number of benzene rings is 1. The molecule has 0 spiro atoms. The van der Waals surface area contributed by atoms with Crippen molar-refractivity contribution in [3.05, 3.63) is 34.4 Å². The minimum Gasteiger partial charge on any atom is -0.339 e. The summed E-state index contributed by atoms with van der Waals surface area (Å²) in [5.74, 6) is 0.872. The highest BCUT2D eigenvalue weighted by atomic mass is 79.9. The smallest absolute Gasteiger partial charge is 0.231 e.